The third-order valence-electron chi connectivity index (χ3n) is 2.40. The highest BCUT2D eigenvalue weighted by Gasteiger charge is 2.00. The Bertz CT molecular complexity index is 543. The van der Waals surface area contributed by atoms with Gasteiger partial charge in [0.05, 0.1) is 12.1 Å². The van der Waals surface area contributed by atoms with Gasteiger partial charge in [0.25, 0.3) is 0 Å². The number of aromatic nitrogens is 2. The summed E-state index contributed by atoms with van der Waals surface area (Å²) in [5.41, 5.74) is 2.47. The second-order valence-electron chi connectivity index (χ2n) is 3.92. The highest BCUT2D eigenvalue weighted by atomic mass is 16.9. The minimum atomic E-state index is -1.75. The van der Waals surface area contributed by atoms with Gasteiger partial charge in [-0.15, -0.1) is 0 Å². The lowest BCUT2D eigenvalue weighted by Crippen LogP contribution is -2.23. The molecule has 0 fully saturated rings. The highest BCUT2D eigenvalue weighted by Crippen LogP contribution is 2.06. The van der Waals surface area contributed by atoms with Crippen molar-refractivity contribution in [1.82, 2.24) is 4.57 Å². The Hall–Kier alpha value is -2.63. The van der Waals surface area contributed by atoms with Gasteiger partial charge in [-0.25, -0.2) is 9.13 Å². The Morgan fingerprint density at radius 1 is 1.37 bits per heavy atom. The number of rotatable bonds is 3. The fourth-order valence-electron chi connectivity index (χ4n) is 1.57. The Balaban J connectivity index is 0.000000399. The van der Waals surface area contributed by atoms with Crippen LogP contribution < -0.4 is 4.57 Å². The molecule has 0 aliphatic rings. The van der Waals surface area contributed by atoms with Gasteiger partial charge >= 0.3 is 0 Å². The lowest BCUT2D eigenvalue weighted by molar-refractivity contribution is -0.671. The predicted molar refractivity (Wildman–Crippen MR) is 71.6 cm³/mol. The molecule has 0 spiro atoms. The van der Waals surface area contributed by atoms with Crippen LogP contribution in [0.25, 0.3) is 6.08 Å². The molecule has 0 saturated heterocycles. The van der Waals surface area contributed by atoms with E-state index in [1.165, 1.54) is 5.56 Å². The molecule has 1 aromatic heterocycles. The van der Waals surface area contributed by atoms with E-state index in [2.05, 4.69) is 47.9 Å². The second kappa shape index (κ2) is 6.95. The van der Waals surface area contributed by atoms with Crippen LogP contribution in [-0.4, -0.2) is 9.65 Å². The second-order valence-corrected chi connectivity index (χ2v) is 3.92. The van der Waals surface area contributed by atoms with Gasteiger partial charge in [-0.3, -0.25) is 0 Å². The molecule has 0 radical (unpaired) electrons. The first-order valence-electron chi connectivity index (χ1n) is 5.55. The Morgan fingerprint density at radius 2 is 1.95 bits per heavy atom. The zero-order valence-electron chi connectivity index (χ0n) is 10.6. The first-order valence-corrected chi connectivity index (χ1v) is 5.55. The molecule has 2 rings (SSSR count). The van der Waals surface area contributed by atoms with Gasteiger partial charge in [-0.1, -0.05) is 36.9 Å². The smallest absolute Gasteiger partial charge is 0.243 e. The minimum absolute atomic E-state index is 0.915. The Labute approximate surface area is 111 Å². The molecule has 6 nitrogen and oxygen atoms in total. The maximum atomic E-state index is 8.25. The van der Waals surface area contributed by atoms with E-state index in [0.717, 1.165) is 12.1 Å². The zero-order chi connectivity index (χ0) is 14.3. The molecule has 19 heavy (non-hydrogen) atoms. The van der Waals surface area contributed by atoms with E-state index in [9.17, 15) is 0 Å². The third kappa shape index (κ3) is 5.49. The maximum Gasteiger partial charge on any atom is 0.243 e. The summed E-state index contributed by atoms with van der Waals surface area (Å²) in [6, 6.07) is 8.45. The van der Waals surface area contributed by atoms with Crippen LogP contribution in [0, 0.1) is 15.3 Å². The van der Waals surface area contributed by atoms with Crippen molar-refractivity contribution in [3.8, 4) is 0 Å². The summed E-state index contributed by atoms with van der Waals surface area (Å²) in [6.45, 7) is 4.65. The quantitative estimate of drug-likeness (QED) is 0.480. The van der Waals surface area contributed by atoms with Gasteiger partial charge in [0.15, 0.2) is 0 Å². The zero-order valence-corrected chi connectivity index (χ0v) is 10.6. The van der Waals surface area contributed by atoms with Crippen molar-refractivity contribution in [2.75, 3.05) is 0 Å². The largest absolute Gasteiger partial charge is 0.356 e. The molecule has 0 amide bonds. The number of aryl methyl sites for hydroxylation is 1. The van der Waals surface area contributed by atoms with Gasteiger partial charge in [0.1, 0.15) is 18.9 Å². The highest BCUT2D eigenvalue weighted by molar-refractivity contribution is 5.47. The molecule has 0 unspecified atom stereocenters. The molecule has 0 aliphatic carbocycles. The summed E-state index contributed by atoms with van der Waals surface area (Å²) in [6.07, 6.45) is 8.04. The van der Waals surface area contributed by atoms with Gasteiger partial charge in [-0.2, -0.15) is 0 Å². The summed E-state index contributed by atoms with van der Waals surface area (Å²) in [5.74, 6) is 0. The SMILES string of the molecule is C=Cc1ccc(Cn2cc[n+](C)c2)cc1.O=[N+]([O-])[O-]. The van der Waals surface area contributed by atoms with E-state index in [-0.39, 0.29) is 0 Å². The fraction of sp³-hybridized carbons (Fsp3) is 0.154. The molecule has 1 aromatic carbocycles. The van der Waals surface area contributed by atoms with Crippen molar-refractivity contribution in [2.45, 2.75) is 6.54 Å². The summed E-state index contributed by atoms with van der Waals surface area (Å²) in [7, 11) is 2.03. The van der Waals surface area contributed by atoms with Gasteiger partial charge in [-0.05, 0) is 11.1 Å². The van der Waals surface area contributed by atoms with Crippen molar-refractivity contribution in [3.63, 3.8) is 0 Å². The van der Waals surface area contributed by atoms with Crippen LogP contribution in [0.5, 0.6) is 0 Å². The molecule has 100 valence electrons. The monoisotopic (exact) mass is 261 g/mol. The number of nitrogens with zero attached hydrogens (tertiary/aromatic N) is 3. The lowest BCUT2D eigenvalue weighted by atomic mass is 10.1. The third-order valence-corrected chi connectivity index (χ3v) is 2.40. The molecule has 6 heteroatoms. The maximum absolute atomic E-state index is 8.25. The van der Waals surface area contributed by atoms with E-state index in [0.29, 0.717) is 0 Å². The van der Waals surface area contributed by atoms with E-state index in [1.807, 2.05) is 23.9 Å². The van der Waals surface area contributed by atoms with Crippen LogP contribution in [0.3, 0.4) is 0 Å². The van der Waals surface area contributed by atoms with E-state index in [4.69, 9.17) is 15.3 Å². The standard InChI is InChI=1S/C13H15N2.NO3/c1-3-12-4-6-13(7-5-12)10-15-9-8-14(2)11-15;2-1(3)4/h3-9,11H,1,10H2,2H3;/q+1;-1. The van der Waals surface area contributed by atoms with Gasteiger partial charge < -0.3 is 15.3 Å². The average Bonchev–Trinajstić information content (AvgIpc) is 2.75. The lowest BCUT2D eigenvalue weighted by Gasteiger charge is -1.98. The molecule has 0 saturated carbocycles. The summed E-state index contributed by atoms with van der Waals surface area (Å²) in [4.78, 5) is 8.25. The van der Waals surface area contributed by atoms with Gasteiger partial charge in [0.2, 0.25) is 6.33 Å². The average molecular weight is 261 g/mol. The molecule has 0 aliphatic heterocycles. The van der Waals surface area contributed by atoms with Crippen LogP contribution in [0.15, 0.2) is 49.6 Å². The van der Waals surface area contributed by atoms with Crippen molar-refractivity contribution in [2.24, 2.45) is 7.05 Å². The van der Waals surface area contributed by atoms with E-state index < -0.39 is 5.09 Å². The first kappa shape index (κ1) is 14.4. The van der Waals surface area contributed by atoms with Crippen molar-refractivity contribution in [3.05, 3.63) is 76.0 Å². The van der Waals surface area contributed by atoms with Crippen molar-refractivity contribution in [1.29, 1.82) is 0 Å². The van der Waals surface area contributed by atoms with Gasteiger partial charge in [0, 0.05) is 0 Å². The number of imidazole rings is 1. The van der Waals surface area contributed by atoms with Crippen LogP contribution in [-0.2, 0) is 13.6 Å². The van der Waals surface area contributed by atoms with Crippen molar-refractivity contribution >= 4 is 6.08 Å². The molecule has 1 heterocycles. The van der Waals surface area contributed by atoms with Crippen LogP contribution in [0.1, 0.15) is 11.1 Å². The molecule has 2 aromatic rings. The molecule has 0 atom stereocenters. The topological polar surface area (TPSA) is 75.0 Å². The Kier molecular flexibility index (Phi) is 5.28. The van der Waals surface area contributed by atoms with Crippen LogP contribution in [0.2, 0.25) is 0 Å². The molecular weight excluding hydrogens is 246 g/mol. The van der Waals surface area contributed by atoms with E-state index in [1.54, 1.807) is 0 Å². The summed E-state index contributed by atoms with van der Waals surface area (Å²) >= 11 is 0. The number of benzene rings is 1. The fourth-order valence-corrected chi connectivity index (χ4v) is 1.57. The molecule has 0 bridgehead atoms. The van der Waals surface area contributed by atoms with E-state index >= 15 is 0 Å². The first-order chi connectivity index (χ1) is 9.01. The van der Waals surface area contributed by atoms with Crippen LogP contribution in [0.4, 0.5) is 0 Å². The molecule has 0 N–H and O–H groups in total. The summed E-state index contributed by atoms with van der Waals surface area (Å²) < 4.78 is 4.20. The Morgan fingerprint density at radius 3 is 2.37 bits per heavy atom. The normalized spacial score (nSPS) is 9.32. The number of hydrogen-bond acceptors (Lipinski definition) is 3. The molecular formula is C13H15N3O3. The number of hydrogen-bond donors (Lipinski definition) is 0. The predicted octanol–water partition coefficient (Wildman–Crippen LogP) is 1.76. The summed E-state index contributed by atoms with van der Waals surface area (Å²) in [5, 5.41) is 14.8. The van der Waals surface area contributed by atoms with Crippen LogP contribution >= 0.6 is 0 Å². The minimum Gasteiger partial charge on any atom is -0.356 e. The van der Waals surface area contributed by atoms with Crippen molar-refractivity contribution < 1.29 is 9.65 Å².